The van der Waals surface area contributed by atoms with Crippen LogP contribution in [-0.4, -0.2) is 49.7 Å². The molecule has 1 rings (SSSR count). The third kappa shape index (κ3) is 5.61. The van der Waals surface area contributed by atoms with E-state index in [2.05, 4.69) is 29.2 Å². The van der Waals surface area contributed by atoms with Crippen LogP contribution in [0.4, 0.5) is 5.69 Å². The second-order valence-corrected chi connectivity index (χ2v) is 5.51. The van der Waals surface area contributed by atoms with Crippen molar-refractivity contribution in [1.29, 1.82) is 0 Å². The molecule has 4 heteroatoms. The third-order valence-electron chi connectivity index (χ3n) is 3.39. The molecule has 1 amide bonds. The largest absolute Gasteiger partial charge is 0.393 e. The Morgan fingerprint density at radius 2 is 1.80 bits per heavy atom. The maximum absolute atomic E-state index is 11.9. The summed E-state index contributed by atoms with van der Waals surface area (Å²) in [6.45, 7) is 2.35. The predicted molar refractivity (Wildman–Crippen MR) is 83.0 cm³/mol. The summed E-state index contributed by atoms with van der Waals surface area (Å²) in [5, 5.41) is 9.22. The van der Waals surface area contributed by atoms with Crippen molar-refractivity contribution in [1.82, 2.24) is 4.90 Å². The van der Waals surface area contributed by atoms with E-state index < -0.39 is 0 Å². The number of amides is 1. The van der Waals surface area contributed by atoms with E-state index in [1.807, 2.05) is 14.1 Å². The van der Waals surface area contributed by atoms with Crippen LogP contribution >= 0.6 is 0 Å². The van der Waals surface area contributed by atoms with Crippen molar-refractivity contribution in [2.24, 2.45) is 0 Å². The van der Waals surface area contributed by atoms with Gasteiger partial charge in [0.15, 0.2) is 0 Å². The molecule has 0 aliphatic heterocycles. The Morgan fingerprint density at radius 1 is 1.20 bits per heavy atom. The van der Waals surface area contributed by atoms with Gasteiger partial charge in [-0.25, -0.2) is 0 Å². The minimum Gasteiger partial charge on any atom is -0.393 e. The van der Waals surface area contributed by atoms with Crippen LogP contribution in [-0.2, 0) is 11.2 Å². The zero-order chi connectivity index (χ0) is 15.1. The first-order chi connectivity index (χ1) is 9.40. The van der Waals surface area contributed by atoms with Crippen molar-refractivity contribution in [2.75, 3.05) is 32.6 Å². The number of hydrogen-bond donors (Lipinski definition) is 1. The summed E-state index contributed by atoms with van der Waals surface area (Å²) in [7, 11) is 5.81. The van der Waals surface area contributed by atoms with Crippen LogP contribution in [0.2, 0.25) is 0 Å². The van der Waals surface area contributed by atoms with Crippen LogP contribution in [0.25, 0.3) is 0 Å². The highest BCUT2D eigenvalue weighted by molar-refractivity contribution is 5.76. The fraction of sp³-hybridized carbons (Fsp3) is 0.562. The second kappa shape index (κ2) is 7.90. The van der Waals surface area contributed by atoms with Crippen molar-refractivity contribution in [3.05, 3.63) is 29.8 Å². The average molecular weight is 278 g/mol. The zero-order valence-corrected chi connectivity index (χ0v) is 13.0. The van der Waals surface area contributed by atoms with Crippen molar-refractivity contribution in [3.63, 3.8) is 0 Å². The first-order valence-corrected chi connectivity index (χ1v) is 7.08. The molecule has 0 saturated carbocycles. The number of aliphatic hydroxyl groups is 1. The SMILES string of the molecule is CC(O)CCN(C)C(=O)CCc1ccc(N(C)C)cc1. The van der Waals surface area contributed by atoms with E-state index >= 15 is 0 Å². The fourth-order valence-electron chi connectivity index (χ4n) is 1.91. The highest BCUT2D eigenvalue weighted by Gasteiger charge is 2.09. The molecule has 1 aromatic carbocycles. The van der Waals surface area contributed by atoms with E-state index in [-0.39, 0.29) is 12.0 Å². The second-order valence-electron chi connectivity index (χ2n) is 5.51. The third-order valence-corrected chi connectivity index (χ3v) is 3.39. The van der Waals surface area contributed by atoms with Crippen LogP contribution in [0.15, 0.2) is 24.3 Å². The molecule has 0 spiro atoms. The van der Waals surface area contributed by atoms with E-state index in [1.54, 1.807) is 18.9 Å². The summed E-state index contributed by atoms with van der Waals surface area (Å²) in [6.07, 6.45) is 1.53. The van der Waals surface area contributed by atoms with E-state index in [0.29, 0.717) is 19.4 Å². The van der Waals surface area contributed by atoms with Crippen LogP contribution in [0.5, 0.6) is 0 Å². The maximum atomic E-state index is 11.9. The van der Waals surface area contributed by atoms with Gasteiger partial charge in [-0.2, -0.15) is 0 Å². The predicted octanol–water partition coefficient (Wildman–Crippen LogP) is 1.91. The number of benzene rings is 1. The minimum absolute atomic E-state index is 0.127. The lowest BCUT2D eigenvalue weighted by Gasteiger charge is -2.18. The number of carbonyl (C=O) groups is 1. The number of carbonyl (C=O) groups excluding carboxylic acids is 1. The summed E-state index contributed by atoms with van der Waals surface area (Å²) >= 11 is 0. The van der Waals surface area contributed by atoms with Gasteiger partial charge in [-0.05, 0) is 37.5 Å². The molecule has 4 nitrogen and oxygen atoms in total. The summed E-state index contributed by atoms with van der Waals surface area (Å²) in [5.74, 6) is 0.127. The van der Waals surface area contributed by atoms with Crippen LogP contribution in [0.3, 0.4) is 0 Å². The average Bonchev–Trinajstić information content (AvgIpc) is 2.42. The van der Waals surface area contributed by atoms with Crippen LogP contribution in [0.1, 0.15) is 25.3 Å². The molecule has 0 aliphatic rings. The van der Waals surface area contributed by atoms with Gasteiger partial charge in [0.05, 0.1) is 6.10 Å². The molecular formula is C16H26N2O2. The molecular weight excluding hydrogens is 252 g/mol. The quantitative estimate of drug-likeness (QED) is 0.828. The lowest BCUT2D eigenvalue weighted by molar-refractivity contribution is -0.130. The molecule has 112 valence electrons. The Labute approximate surface area is 122 Å². The maximum Gasteiger partial charge on any atom is 0.222 e. The number of rotatable bonds is 7. The van der Waals surface area contributed by atoms with Crippen molar-refractivity contribution >= 4 is 11.6 Å². The van der Waals surface area contributed by atoms with Crippen molar-refractivity contribution < 1.29 is 9.90 Å². The van der Waals surface area contributed by atoms with E-state index in [1.165, 1.54) is 5.56 Å². The summed E-state index contributed by atoms with van der Waals surface area (Å²) in [6, 6.07) is 8.27. The van der Waals surface area contributed by atoms with Crippen LogP contribution in [0, 0.1) is 0 Å². The molecule has 0 bridgehead atoms. The molecule has 0 aromatic heterocycles. The van der Waals surface area contributed by atoms with Gasteiger partial charge in [0, 0.05) is 39.8 Å². The summed E-state index contributed by atoms with van der Waals surface area (Å²) < 4.78 is 0. The Kier molecular flexibility index (Phi) is 6.52. The van der Waals surface area contributed by atoms with Gasteiger partial charge >= 0.3 is 0 Å². The minimum atomic E-state index is -0.358. The fourth-order valence-corrected chi connectivity index (χ4v) is 1.91. The molecule has 0 aliphatic carbocycles. The molecule has 0 fully saturated rings. The van der Waals surface area contributed by atoms with Gasteiger partial charge in [-0.1, -0.05) is 12.1 Å². The monoisotopic (exact) mass is 278 g/mol. The standard InChI is InChI=1S/C16H26N2O2/c1-13(19)11-12-18(4)16(20)10-7-14-5-8-15(9-6-14)17(2)3/h5-6,8-9,13,19H,7,10-12H2,1-4H3. The molecule has 0 radical (unpaired) electrons. The number of anilines is 1. The lowest BCUT2D eigenvalue weighted by atomic mass is 10.1. The Hall–Kier alpha value is -1.55. The normalized spacial score (nSPS) is 12.1. The number of aliphatic hydroxyl groups excluding tert-OH is 1. The van der Waals surface area contributed by atoms with Gasteiger partial charge in [0.2, 0.25) is 5.91 Å². The van der Waals surface area contributed by atoms with E-state index in [9.17, 15) is 9.90 Å². The summed E-state index contributed by atoms with van der Waals surface area (Å²) in [4.78, 5) is 15.7. The Balaban J connectivity index is 2.40. The number of aryl methyl sites for hydroxylation is 1. The smallest absolute Gasteiger partial charge is 0.222 e. The molecule has 1 unspecified atom stereocenters. The highest BCUT2D eigenvalue weighted by atomic mass is 16.3. The van der Waals surface area contributed by atoms with Gasteiger partial charge in [-0.3, -0.25) is 4.79 Å². The van der Waals surface area contributed by atoms with Gasteiger partial charge in [-0.15, -0.1) is 0 Å². The molecule has 20 heavy (non-hydrogen) atoms. The number of hydrogen-bond acceptors (Lipinski definition) is 3. The molecule has 1 atom stereocenters. The van der Waals surface area contributed by atoms with Crippen LogP contribution < -0.4 is 4.90 Å². The highest BCUT2D eigenvalue weighted by Crippen LogP contribution is 2.13. The first kappa shape index (κ1) is 16.5. The molecule has 1 N–H and O–H groups in total. The first-order valence-electron chi connectivity index (χ1n) is 7.08. The van der Waals surface area contributed by atoms with Crippen molar-refractivity contribution in [2.45, 2.75) is 32.3 Å². The molecule has 0 heterocycles. The molecule has 1 aromatic rings. The van der Waals surface area contributed by atoms with E-state index in [4.69, 9.17) is 0 Å². The zero-order valence-electron chi connectivity index (χ0n) is 13.0. The van der Waals surface area contributed by atoms with Gasteiger partial charge in [0.1, 0.15) is 0 Å². The van der Waals surface area contributed by atoms with E-state index in [0.717, 1.165) is 12.1 Å². The Morgan fingerprint density at radius 3 is 2.30 bits per heavy atom. The Bertz CT molecular complexity index is 413. The molecule has 0 saturated heterocycles. The number of nitrogens with zero attached hydrogens (tertiary/aromatic N) is 2. The summed E-state index contributed by atoms with van der Waals surface area (Å²) in [5.41, 5.74) is 2.34. The van der Waals surface area contributed by atoms with Gasteiger partial charge in [0.25, 0.3) is 0 Å². The van der Waals surface area contributed by atoms with Crippen molar-refractivity contribution in [3.8, 4) is 0 Å². The van der Waals surface area contributed by atoms with Gasteiger partial charge < -0.3 is 14.9 Å². The lowest BCUT2D eigenvalue weighted by Crippen LogP contribution is -2.29. The topological polar surface area (TPSA) is 43.8 Å².